The van der Waals surface area contributed by atoms with Gasteiger partial charge in [-0.05, 0) is 23.8 Å². The fourth-order valence-corrected chi connectivity index (χ4v) is 2.53. The molecular weight excluding hydrogens is 336 g/mol. The molecule has 0 amide bonds. The first-order chi connectivity index (χ1) is 11.6. The van der Waals surface area contributed by atoms with Gasteiger partial charge in [-0.25, -0.2) is 9.59 Å². The third-order valence-corrected chi connectivity index (χ3v) is 3.94. The van der Waals surface area contributed by atoms with Crippen LogP contribution in [0.25, 0.3) is 6.08 Å². The number of rotatable bonds is 4. The second-order valence-corrected chi connectivity index (χ2v) is 5.86. The molecule has 0 heterocycles. The molecule has 1 aliphatic rings. The maximum absolute atomic E-state index is 11.8. The summed E-state index contributed by atoms with van der Waals surface area (Å²) in [5.41, 5.74) is -1.94. The van der Waals surface area contributed by atoms with E-state index in [1.807, 2.05) is 0 Å². The molecular formula is C16H18O9. The molecule has 0 aromatic heterocycles. The first kappa shape index (κ1) is 18.7. The summed E-state index contributed by atoms with van der Waals surface area (Å²) in [7, 11) is 0. The molecule has 0 bridgehead atoms. The van der Waals surface area contributed by atoms with Gasteiger partial charge in [0.1, 0.15) is 12.2 Å². The van der Waals surface area contributed by atoms with Crippen LogP contribution in [0.4, 0.5) is 0 Å². The molecule has 0 saturated heterocycles. The molecule has 1 aromatic rings. The van der Waals surface area contributed by atoms with Gasteiger partial charge in [0.2, 0.25) is 0 Å². The van der Waals surface area contributed by atoms with Crippen molar-refractivity contribution in [3.8, 4) is 11.5 Å². The number of ether oxygens (including phenoxy) is 1. The van der Waals surface area contributed by atoms with Crippen LogP contribution in [-0.2, 0) is 14.3 Å². The predicted molar refractivity (Wildman–Crippen MR) is 82.5 cm³/mol. The number of carboxylic acids is 1. The van der Waals surface area contributed by atoms with Crippen LogP contribution in [0.3, 0.4) is 0 Å². The van der Waals surface area contributed by atoms with Crippen LogP contribution in [0.5, 0.6) is 11.5 Å². The lowest BCUT2D eigenvalue weighted by Crippen LogP contribution is -2.57. The van der Waals surface area contributed by atoms with Crippen molar-refractivity contribution < 1.29 is 45.0 Å². The number of aromatic hydroxyl groups is 2. The molecule has 1 saturated carbocycles. The Morgan fingerprint density at radius 3 is 2.44 bits per heavy atom. The number of phenolic OH excluding ortho intramolecular Hbond substituents is 2. The fourth-order valence-electron chi connectivity index (χ4n) is 2.53. The zero-order chi connectivity index (χ0) is 18.8. The van der Waals surface area contributed by atoms with Crippen LogP contribution in [-0.4, -0.2) is 66.5 Å². The van der Waals surface area contributed by atoms with Crippen LogP contribution >= 0.6 is 0 Å². The van der Waals surface area contributed by atoms with Crippen LogP contribution in [0.15, 0.2) is 24.3 Å². The van der Waals surface area contributed by atoms with Crippen LogP contribution in [0, 0.1) is 0 Å². The first-order valence-electron chi connectivity index (χ1n) is 7.35. The summed E-state index contributed by atoms with van der Waals surface area (Å²) in [5, 5.41) is 57.0. The van der Waals surface area contributed by atoms with E-state index in [0.717, 1.165) is 6.08 Å². The third-order valence-electron chi connectivity index (χ3n) is 3.94. The Morgan fingerprint density at radius 1 is 1.16 bits per heavy atom. The van der Waals surface area contributed by atoms with Gasteiger partial charge in [0.25, 0.3) is 0 Å². The molecule has 4 atom stereocenters. The number of benzene rings is 1. The van der Waals surface area contributed by atoms with E-state index in [9.17, 15) is 35.1 Å². The van der Waals surface area contributed by atoms with Crippen molar-refractivity contribution in [1.82, 2.24) is 0 Å². The number of aliphatic hydroxyl groups excluding tert-OH is 2. The van der Waals surface area contributed by atoms with Gasteiger partial charge >= 0.3 is 11.9 Å². The molecule has 0 spiro atoms. The van der Waals surface area contributed by atoms with Gasteiger partial charge in [-0.1, -0.05) is 6.07 Å². The molecule has 136 valence electrons. The quantitative estimate of drug-likeness (QED) is 0.234. The Morgan fingerprint density at radius 2 is 1.84 bits per heavy atom. The Hall–Kier alpha value is -2.62. The number of aliphatic hydroxyl groups is 3. The molecule has 9 heteroatoms. The molecule has 2 rings (SSSR count). The van der Waals surface area contributed by atoms with Gasteiger partial charge in [-0.15, -0.1) is 0 Å². The van der Waals surface area contributed by atoms with Gasteiger partial charge in [0, 0.05) is 18.9 Å². The number of hydrogen-bond donors (Lipinski definition) is 6. The number of aliphatic carboxylic acids is 1. The molecule has 0 radical (unpaired) electrons. The monoisotopic (exact) mass is 354 g/mol. The van der Waals surface area contributed by atoms with E-state index in [1.54, 1.807) is 0 Å². The second-order valence-electron chi connectivity index (χ2n) is 5.86. The Bertz CT molecular complexity index is 699. The Kier molecular flexibility index (Phi) is 5.31. The lowest BCUT2D eigenvalue weighted by molar-refractivity contribution is -0.196. The molecule has 0 aliphatic heterocycles. The number of carbonyl (C=O) groups excluding carboxylic acids is 1. The average Bonchev–Trinajstić information content (AvgIpc) is 2.53. The summed E-state index contributed by atoms with van der Waals surface area (Å²) < 4.78 is 4.92. The van der Waals surface area contributed by atoms with Crippen molar-refractivity contribution in [3.63, 3.8) is 0 Å². The summed E-state index contributed by atoms with van der Waals surface area (Å²) in [6, 6.07) is 3.83. The SMILES string of the molecule is O=C(/C=C/c1ccc(O)c(O)c1)O[C@@H]1C[C@](O)(C(=O)O)CC(O)C1O. The van der Waals surface area contributed by atoms with Crippen molar-refractivity contribution in [2.24, 2.45) is 0 Å². The average molecular weight is 354 g/mol. The number of esters is 1. The van der Waals surface area contributed by atoms with E-state index >= 15 is 0 Å². The van der Waals surface area contributed by atoms with Gasteiger partial charge in [-0.3, -0.25) is 0 Å². The number of carbonyl (C=O) groups is 2. The molecule has 9 nitrogen and oxygen atoms in total. The predicted octanol–water partition coefficient (Wildman–Crippen LogP) is -0.646. The van der Waals surface area contributed by atoms with E-state index in [-0.39, 0.29) is 11.5 Å². The lowest BCUT2D eigenvalue weighted by Gasteiger charge is -2.39. The minimum Gasteiger partial charge on any atom is -0.504 e. The molecule has 1 aromatic carbocycles. The lowest BCUT2D eigenvalue weighted by atomic mass is 9.79. The zero-order valence-corrected chi connectivity index (χ0v) is 12.9. The maximum Gasteiger partial charge on any atom is 0.335 e. The molecule has 1 aliphatic carbocycles. The number of carboxylic acid groups (broad SMARTS) is 1. The molecule has 1 fully saturated rings. The highest BCUT2D eigenvalue weighted by molar-refractivity contribution is 5.87. The van der Waals surface area contributed by atoms with Crippen molar-refractivity contribution in [3.05, 3.63) is 29.8 Å². The van der Waals surface area contributed by atoms with Crippen LogP contribution in [0.1, 0.15) is 18.4 Å². The van der Waals surface area contributed by atoms with Gasteiger partial charge < -0.3 is 35.4 Å². The van der Waals surface area contributed by atoms with Gasteiger partial charge in [0.15, 0.2) is 17.1 Å². The smallest absolute Gasteiger partial charge is 0.335 e. The maximum atomic E-state index is 11.8. The highest BCUT2D eigenvalue weighted by Crippen LogP contribution is 2.31. The van der Waals surface area contributed by atoms with Crippen LogP contribution in [0.2, 0.25) is 0 Å². The van der Waals surface area contributed by atoms with E-state index in [4.69, 9.17) is 9.84 Å². The highest BCUT2D eigenvalue weighted by atomic mass is 16.6. The standard InChI is InChI=1S/C16H18O9/c17-9-3-1-8(5-10(9)18)2-4-13(20)25-12-7-16(24,15(22)23)6-11(19)14(12)21/h1-5,11-12,14,17-19,21,24H,6-7H2,(H,22,23)/b4-2+/t11?,12-,14?,16+/m1/s1. The van der Waals surface area contributed by atoms with E-state index in [0.29, 0.717) is 5.56 Å². The topological polar surface area (TPSA) is 165 Å². The van der Waals surface area contributed by atoms with Gasteiger partial charge in [0.05, 0.1) is 6.10 Å². The second kappa shape index (κ2) is 7.09. The van der Waals surface area contributed by atoms with Crippen molar-refractivity contribution in [2.45, 2.75) is 36.8 Å². The third kappa shape index (κ3) is 4.27. The summed E-state index contributed by atoms with van der Waals surface area (Å²) in [4.78, 5) is 22.9. The molecule has 6 N–H and O–H groups in total. The summed E-state index contributed by atoms with van der Waals surface area (Å²) in [5.74, 6) is -3.24. The highest BCUT2D eigenvalue weighted by Gasteiger charge is 2.50. The zero-order valence-electron chi connectivity index (χ0n) is 12.9. The van der Waals surface area contributed by atoms with Crippen molar-refractivity contribution in [1.29, 1.82) is 0 Å². The molecule has 2 unspecified atom stereocenters. The summed E-state index contributed by atoms with van der Waals surface area (Å²) in [6.45, 7) is 0. The van der Waals surface area contributed by atoms with Crippen molar-refractivity contribution in [2.75, 3.05) is 0 Å². The Labute approximate surface area is 142 Å². The number of hydrogen-bond acceptors (Lipinski definition) is 8. The normalized spacial score (nSPS) is 29.5. The summed E-state index contributed by atoms with van der Waals surface area (Å²) >= 11 is 0. The summed E-state index contributed by atoms with van der Waals surface area (Å²) in [6.07, 6.45) is -3.44. The van der Waals surface area contributed by atoms with E-state index < -0.39 is 48.7 Å². The largest absolute Gasteiger partial charge is 0.504 e. The van der Waals surface area contributed by atoms with Crippen molar-refractivity contribution >= 4 is 18.0 Å². The Balaban J connectivity index is 2.06. The van der Waals surface area contributed by atoms with E-state index in [1.165, 1.54) is 24.3 Å². The number of phenols is 2. The first-order valence-corrected chi connectivity index (χ1v) is 7.35. The minimum atomic E-state index is -2.31. The molecule has 25 heavy (non-hydrogen) atoms. The van der Waals surface area contributed by atoms with Crippen LogP contribution < -0.4 is 0 Å². The van der Waals surface area contributed by atoms with E-state index in [2.05, 4.69) is 0 Å². The van der Waals surface area contributed by atoms with Gasteiger partial charge in [-0.2, -0.15) is 0 Å². The fraction of sp³-hybridized carbons (Fsp3) is 0.375. The minimum absolute atomic E-state index is 0.327.